The van der Waals surface area contributed by atoms with Crippen LogP contribution in [0.2, 0.25) is 0 Å². The summed E-state index contributed by atoms with van der Waals surface area (Å²) in [6.45, 7) is 4.48. The van der Waals surface area contributed by atoms with Gasteiger partial charge in [0.15, 0.2) is 0 Å². The molecule has 6 nitrogen and oxygen atoms in total. The molecule has 0 bridgehead atoms. The number of nitrogens with one attached hydrogen (secondary N) is 1. The Balaban J connectivity index is 0. The molecule has 0 spiro atoms. The number of hydrogen-bond donors (Lipinski definition) is 3. The highest BCUT2D eigenvalue weighted by Crippen LogP contribution is 2.14. The van der Waals surface area contributed by atoms with Crippen LogP contribution in [-0.4, -0.2) is 30.3 Å². The molecule has 0 aliphatic carbocycles. The van der Waals surface area contributed by atoms with Crippen molar-refractivity contribution in [2.24, 2.45) is 10.7 Å². The van der Waals surface area contributed by atoms with Crippen molar-refractivity contribution >= 4 is 18.5 Å². The maximum Gasteiger partial charge on any atom is 0.330 e. The van der Waals surface area contributed by atoms with Crippen LogP contribution in [-0.2, 0) is 22.5 Å². The van der Waals surface area contributed by atoms with E-state index in [2.05, 4.69) is 41.9 Å². The maximum atomic E-state index is 8.70. The summed E-state index contributed by atoms with van der Waals surface area (Å²) in [5.41, 5.74) is 9.05. The fraction of sp³-hybridized carbons (Fsp3) is 0.357. The van der Waals surface area contributed by atoms with Crippen molar-refractivity contribution in [2.75, 3.05) is 6.54 Å². The molecule has 0 fully saturated rings. The van der Waals surface area contributed by atoms with Gasteiger partial charge in [-0.1, -0.05) is 32.0 Å². The lowest BCUT2D eigenvalue weighted by Crippen LogP contribution is -2.13. The van der Waals surface area contributed by atoms with Gasteiger partial charge in [-0.25, -0.2) is 5.26 Å². The fourth-order valence-corrected chi connectivity index (χ4v) is 1.68. The zero-order valence-electron chi connectivity index (χ0n) is 11.8. The Kier molecular flexibility index (Phi) is 9.51. The summed E-state index contributed by atoms with van der Waals surface area (Å²) >= 11 is 0. The van der Waals surface area contributed by atoms with Crippen LogP contribution in [0.3, 0.4) is 0 Å². The fourth-order valence-electron chi connectivity index (χ4n) is 1.68. The molecule has 0 unspecified atom stereocenters. The van der Waals surface area contributed by atoms with Crippen LogP contribution in [0.5, 0.6) is 0 Å². The van der Waals surface area contributed by atoms with Gasteiger partial charge in [0.25, 0.3) is 0 Å². The Morgan fingerprint density at radius 1 is 1.45 bits per heavy atom. The number of carbonyl (C=O) groups excluding carboxylic acids is 1. The molecule has 112 valence electrons. The highest BCUT2D eigenvalue weighted by Gasteiger charge is 2.02. The highest BCUT2D eigenvalue weighted by atomic mass is 17.1. The molecular formula is C14H23N3O3. The van der Waals surface area contributed by atoms with E-state index in [1.54, 1.807) is 0 Å². The molecule has 6 heteroatoms. The molecule has 0 heterocycles. The van der Waals surface area contributed by atoms with Gasteiger partial charge in [-0.15, -0.1) is 0 Å². The van der Waals surface area contributed by atoms with Gasteiger partial charge in [-0.05, 0) is 29.5 Å². The Labute approximate surface area is 120 Å². The molecule has 0 aliphatic heterocycles. The molecule has 0 radical (unpaired) electrons. The van der Waals surface area contributed by atoms with Gasteiger partial charge in [0.2, 0.25) is 0 Å². The normalized spacial score (nSPS) is 9.75. The Bertz CT molecular complexity index is 443. The first-order chi connectivity index (χ1) is 9.60. The summed E-state index contributed by atoms with van der Waals surface area (Å²) in [6.07, 6.45) is 3.84. The SMILES string of the molecule is CCc1cccc(CC)c1C=NCC(=N)N.O=COO.[HH]. The molecule has 0 aliphatic rings. The van der Waals surface area contributed by atoms with E-state index in [0.717, 1.165) is 12.8 Å². The van der Waals surface area contributed by atoms with Crippen molar-refractivity contribution < 1.29 is 16.4 Å². The number of hydrogen-bond acceptors (Lipinski definition) is 5. The second kappa shape index (κ2) is 10.7. The van der Waals surface area contributed by atoms with Crippen LogP contribution in [0, 0.1) is 5.41 Å². The van der Waals surface area contributed by atoms with E-state index in [0.29, 0.717) is 0 Å². The van der Waals surface area contributed by atoms with Crippen molar-refractivity contribution in [3.63, 3.8) is 0 Å². The summed E-state index contributed by atoms with van der Waals surface area (Å²) in [7, 11) is 0. The van der Waals surface area contributed by atoms with E-state index in [4.69, 9.17) is 21.2 Å². The number of nitrogens with two attached hydrogens (primary N) is 1. The second-order valence-corrected chi connectivity index (χ2v) is 3.89. The number of benzene rings is 1. The van der Waals surface area contributed by atoms with Crippen molar-refractivity contribution in [3.8, 4) is 0 Å². The first-order valence-corrected chi connectivity index (χ1v) is 6.27. The third kappa shape index (κ3) is 6.65. The molecule has 1 rings (SSSR count). The van der Waals surface area contributed by atoms with Crippen molar-refractivity contribution in [2.45, 2.75) is 26.7 Å². The third-order valence-corrected chi connectivity index (χ3v) is 2.57. The predicted octanol–water partition coefficient (Wildman–Crippen LogP) is 2.04. The number of aryl methyl sites for hydroxylation is 2. The lowest BCUT2D eigenvalue weighted by Gasteiger charge is -2.08. The minimum Gasteiger partial charge on any atom is -0.386 e. The quantitative estimate of drug-likeness (QED) is 0.244. The lowest BCUT2D eigenvalue weighted by molar-refractivity contribution is -0.217. The molecular weight excluding hydrogens is 258 g/mol. The first-order valence-electron chi connectivity index (χ1n) is 6.27. The third-order valence-electron chi connectivity index (χ3n) is 2.57. The largest absolute Gasteiger partial charge is 0.386 e. The molecule has 20 heavy (non-hydrogen) atoms. The number of amidine groups is 1. The van der Waals surface area contributed by atoms with Gasteiger partial charge < -0.3 is 10.6 Å². The number of aliphatic imine (C=N–C) groups is 1. The van der Waals surface area contributed by atoms with Crippen LogP contribution in [0.4, 0.5) is 0 Å². The molecule has 0 aromatic heterocycles. The molecule has 1 aromatic carbocycles. The Morgan fingerprint density at radius 2 is 1.95 bits per heavy atom. The van der Waals surface area contributed by atoms with E-state index in [1.807, 2.05) is 6.21 Å². The summed E-state index contributed by atoms with van der Waals surface area (Å²) in [6, 6.07) is 6.32. The van der Waals surface area contributed by atoms with Gasteiger partial charge in [-0.3, -0.25) is 15.2 Å². The minimum absolute atomic E-state index is 0. The van der Waals surface area contributed by atoms with E-state index < -0.39 is 0 Å². The average Bonchev–Trinajstić information content (AvgIpc) is 2.47. The van der Waals surface area contributed by atoms with Crippen LogP contribution in [0.1, 0.15) is 32.0 Å². The predicted molar refractivity (Wildman–Crippen MR) is 81.5 cm³/mol. The van der Waals surface area contributed by atoms with E-state index in [-0.39, 0.29) is 20.3 Å². The van der Waals surface area contributed by atoms with Gasteiger partial charge in [-0.2, -0.15) is 0 Å². The zero-order chi connectivity index (χ0) is 15.4. The molecule has 0 saturated carbocycles. The molecule has 0 atom stereocenters. The van der Waals surface area contributed by atoms with E-state index in [1.165, 1.54) is 16.7 Å². The van der Waals surface area contributed by atoms with Crippen LogP contribution < -0.4 is 5.73 Å². The summed E-state index contributed by atoms with van der Waals surface area (Å²) in [4.78, 5) is 15.7. The molecule has 4 N–H and O–H groups in total. The van der Waals surface area contributed by atoms with E-state index >= 15 is 0 Å². The number of rotatable bonds is 6. The molecule has 0 amide bonds. The van der Waals surface area contributed by atoms with E-state index in [9.17, 15) is 0 Å². The highest BCUT2D eigenvalue weighted by molar-refractivity contribution is 5.87. The summed E-state index contributed by atoms with van der Waals surface area (Å²) < 4.78 is 0. The average molecular weight is 281 g/mol. The number of carbonyl (C=O) groups is 1. The van der Waals surface area contributed by atoms with Crippen molar-refractivity contribution in [3.05, 3.63) is 34.9 Å². The second-order valence-electron chi connectivity index (χ2n) is 3.89. The van der Waals surface area contributed by atoms with Crippen molar-refractivity contribution in [1.82, 2.24) is 0 Å². The van der Waals surface area contributed by atoms with Crippen LogP contribution in [0.25, 0.3) is 0 Å². The molecule has 0 saturated heterocycles. The summed E-state index contributed by atoms with van der Waals surface area (Å²) in [5, 5.41) is 14.1. The van der Waals surface area contributed by atoms with Crippen LogP contribution >= 0.6 is 0 Å². The zero-order valence-corrected chi connectivity index (χ0v) is 11.8. The van der Waals surface area contributed by atoms with Gasteiger partial charge in [0, 0.05) is 7.64 Å². The number of nitrogens with zero attached hydrogens (tertiary/aromatic N) is 1. The van der Waals surface area contributed by atoms with Gasteiger partial charge >= 0.3 is 6.47 Å². The van der Waals surface area contributed by atoms with Gasteiger partial charge in [0.05, 0.1) is 6.54 Å². The summed E-state index contributed by atoms with van der Waals surface area (Å²) in [5.74, 6) is 0.100. The topological polar surface area (TPSA) is 109 Å². The Morgan fingerprint density at radius 3 is 2.30 bits per heavy atom. The smallest absolute Gasteiger partial charge is 0.330 e. The lowest BCUT2D eigenvalue weighted by atomic mass is 9.98. The monoisotopic (exact) mass is 281 g/mol. The minimum atomic E-state index is -0.0694. The first kappa shape index (κ1) is 17.8. The Hall–Kier alpha value is -2.21. The van der Waals surface area contributed by atoms with Gasteiger partial charge in [0.1, 0.15) is 5.84 Å². The maximum absolute atomic E-state index is 8.70. The molecule has 1 aromatic rings. The van der Waals surface area contributed by atoms with Crippen LogP contribution in [0.15, 0.2) is 23.2 Å². The standard InChI is InChI=1S/C13H19N3.CH2O3.H2/c1-3-10-6-5-7-11(4-2)12(10)8-16-9-13(14)15;2-1-4-3;/h5-8H,3-4,9H2,1-2H3,(H3,14,15);1,3H;1H. The van der Waals surface area contributed by atoms with Crippen molar-refractivity contribution in [1.29, 1.82) is 5.41 Å².